The number of fused-ring (bicyclic) bond motifs is 1. The van der Waals surface area contributed by atoms with E-state index in [9.17, 15) is 4.79 Å². The van der Waals surface area contributed by atoms with Crippen LogP contribution >= 0.6 is 0 Å². The molecule has 0 spiro atoms. The van der Waals surface area contributed by atoms with Gasteiger partial charge in [-0.2, -0.15) is 0 Å². The smallest absolute Gasteiger partial charge is 0.246 e. The fourth-order valence-electron chi connectivity index (χ4n) is 4.89. The minimum absolute atomic E-state index is 0.117. The quantitative estimate of drug-likeness (QED) is 0.448. The fraction of sp³-hybridized carbons (Fsp3) is 0.414. The Bertz CT molecular complexity index is 1110. The Labute approximate surface area is 204 Å². The van der Waals surface area contributed by atoms with E-state index in [-0.39, 0.29) is 5.91 Å². The van der Waals surface area contributed by atoms with Gasteiger partial charge in [-0.15, -0.1) is 0 Å². The molecule has 3 aromatic rings. The van der Waals surface area contributed by atoms with Gasteiger partial charge in [-0.3, -0.25) is 9.69 Å². The maximum atomic E-state index is 13.0. The van der Waals surface area contributed by atoms with E-state index in [2.05, 4.69) is 90.0 Å². The number of hydrogen-bond acceptors (Lipinski definition) is 3. The SMILES string of the molecule is Cc1c(C=CC(=O)N2CCN(CCc3ccccc3)CC2)c2ccccc2n1CCCN(C)C. The average molecular weight is 459 g/mol. The maximum absolute atomic E-state index is 13.0. The third kappa shape index (κ3) is 5.96. The first-order valence-electron chi connectivity index (χ1n) is 12.5. The molecule has 0 bridgehead atoms. The van der Waals surface area contributed by atoms with Crippen molar-refractivity contribution in [1.29, 1.82) is 0 Å². The van der Waals surface area contributed by atoms with Gasteiger partial charge in [-0.25, -0.2) is 0 Å². The van der Waals surface area contributed by atoms with Crippen molar-refractivity contribution in [2.24, 2.45) is 0 Å². The fourth-order valence-corrected chi connectivity index (χ4v) is 4.89. The summed E-state index contributed by atoms with van der Waals surface area (Å²) in [6.07, 6.45) is 5.97. The van der Waals surface area contributed by atoms with Gasteiger partial charge < -0.3 is 14.4 Å². The zero-order valence-corrected chi connectivity index (χ0v) is 20.9. The molecule has 0 aliphatic carbocycles. The van der Waals surface area contributed by atoms with Gasteiger partial charge in [0, 0.05) is 67.5 Å². The molecular formula is C29H38N4O. The van der Waals surface area contributed by atoms with Crippen LogP contribution in [0.1, 0.15) is 23.2 Å². The predicted molar refractivity (Wildman–Crippen MR) is 142 cm³/mol. The number of para-hydroxylation sites is 1. The number of benzene rings is 2. The molecular weight excluding hydrogens is 420 g/mol. The molecule has 34 heavy (non-hydrogen) atoms. The zero-order valence-electron chi connectivity index (χ0n) is 20.9. The van der Waals surface area contributed by atoms with Gasteiger partial charge in [0.2, 0.25) is 5.91 Å². The molecule has 1 amide bonds. The molecule has 180 valence electrons. The van der Waals surface area contributed by atoms with Gasteiger partial charge in [0.05, 0.1) is 0 Å². The number of hydrogen-bond donors (Lipinski definition) is 0. The maximum Gasteiger partial charge on any atom is 0.246 e. The lowest BCUT2D eigenvalue weighted by Gasteiger charge is -2.34. The Morgan fingerprint density at radius 2 is 1.65 bits per heavy atom. The average Bonchev–Trinajstić information content (AvgIpc) is 3.12. The van der Waals surface area contributed by atoms with E-state index in [1.165, 1.54) is 22.2 Å². The summed E-state index contributed by atoms with van der Waals surface area (Å²) < 4.78 is 2.40. The second kappa shape index (κ2) is 11.5. The van der Waals surface area contributed by atoms with Crippen molar-refractivity contribution in [1.82, 2.24) is 19.3 Å². The van der Waals surface area contributed by atoms with Gasteiger partial charge >= 0.3 is 0 Å². The Hall–Kier alpha value is -2.89. The predicted octanol–water partition coefficient (Wildman–Crippen LogP) is 4.30. The number of piperazine rings is 1. The molecule has 1 aliphatic heterocycles. The Morgan fingerprint density at radius 1 is 0.941 bits per heavy atom. The van der Waals surface area contributed by atoms with E-state index in [4.69, 9.17) is 0 Å². The van der Waals surface area contributed by atoms with E-state index in [1.807, 2.05) is 11.0 Å². The van der Waals surface area contributed by atoms with Crippen LogP contribution in [0.2, 0.25) is 0 Å². The summed E-state index contributed by atoms with van der Waals surface area (Å²) in [7, 11) is 4.23. The van der Waals surface area contributed by atoms with Crippen LogP contribution in [-0.2, 0) is 17.8 Å². The summed E-state index contributed by atoms with van der Waals surface area (Å²) in [5.74, 6) is 0.117. The number of nitrogens with zero attached hydrogens (tertiary/aromatic N) is 4. The second-order valence-electron chi connectivity index (χ2n) is 9.56. The van der Waals surface area contributed by atoms with Gasteiger partial charge in [0.15, 0.2) is 0 Å². The van der Waals surface area contributed by atoms with Gasteiger partial charge in [0.25, 0.3) is 0 Å². The third-order valence-electron chi connectivity index (χ3n) is 6.90. The number of carbonyl (C=O) groups is 1. The highest BCUT2D eigenvalue weighted by molar-refractivity contribution is 5.97. The first-order chi connectivity index (χ1) is 16.5. The number of aromatic nitrogens is 1. The topological polar surface area (TPSA) is 31.7 Å². The van der Waals surface area contributed by atoms with Crippen molar-refractivity contribution in [3.05, 3.63) is 77.5 Å². The molecule has 1 fully saturated rings. The van der Waals surface area contributed by atoms with Crippen LogP contribution in [0.5, 0.6) is 0 Å². The summed E-state index contributed by atoms with van der Waals surface area (Å²) in [6, 6.07) is 19.2. The molecule has 2 aromatic carbocycles. The highest BCUT2D eigenvalue weighted by atomic mass is 16.2. The van der Waals surface area contributed by atoms with E-state index in [0.29, 0.717) is 0 Å². The summed E-state index contributed by atoms with van der Waals surface area (Å²) in [5, 5.41) is 1.22. The van der Waals surface area contributed by atoms with E-state index < -0.39 is 0 Å². The Morgan fingerprint density at radius 3 is 2.38 bits per heavy atom. The summed E-state index contributed by atoms with van der Waals surface area (Å²) in [5.41, 5.74) is 5.02. The normalized spacial score (nSPS) is 15.1. The molecule has 1 saturated heterocycles. The number of amides is 1. The molecule has 0 N–H and O–H groups in total. The number of rotatable bonds is 9. The van der Waals surface area contributed by atoms with Crippen LogP contribution in [-0.4, -0.2) is 78.5 Å². The standard InChI is InChI=1S/C29H38N4O/c1-24-26(27-12-7-8-13-28(27)33(24)18-9-17-30(2)3)14-15-29(34)32-22-20-31(21-23-32)19-16-25-10-5-4-6-11-25/h4-8,10-15H,9,16-23H2,1-3H3. The number of aryl methyl sites for hydroxylation is 1. The van der Waals surface area contributed by atoms with Crippen LogP contribution in [0, 0.1) is 6.92 Å². The molecule has 0 unspecified atom stereocenters. The summed E-state index contributed by atoms with van der Waals surface area (Å²) in [4.78, 5) is 19.6. The lowest BCUT2D eigenvalue weighted by Crippen LogP contribution is -2.48. The molecule has 0 radical (unpaired) electrons. The van der Waals surface area contributed by atoms with Crippen molar-refractivity contribution < 1.29 is 4.79 Å². The molecule has 1 aliphatic rings. The molecule has 1 aromatic heterocycles. The van der Waals surface area contributed by atoms with E-state index in [1.54, 1.807) is 6.08 Å². The van der Waals surface area contributed by atoms with Crippen molar-refractivity contribution in [2.75, 3.05) is 53.4 Å². The van der Waals surface area contributed by atoms with Gasteiger partial charge in [-0.1, -0.05) is 48.5 Å². The largest absolute Gasteiger partial charge is 0.344 e. The van der Waals surface area contributed by atoms with Crippen LogP contribution in [0.3, 0.4) is 0 Å². The van der Waals surface area contributed by atoms with Crippen molar-refractivity contribution in [2.45, 2.75) is 26.3 Å². The van der Waals surface area contributed by atoms with E-state index >= 15 is 0 Å². The monoisotopic (exact) mass is 458 g/mol. The molecule has 0 atom stereocenters. The number of carbonyl (C=O) groups excluding carboxylic acids is 1. The van der Waals surface area contributed by atoms with Crippen LogP contribution in [0.25, 0.3) is 17.0 Å². The van der Waals surface area contributed by atoms with Crippen molar-refractivity contribution in [3.8, 4) is 0 Å². The summed E-state index contributed by atoms with van der Waals surface area (Å²) >= 11 is 0. The third-order valence-corrected chi connectivity index (χ3v) is 6.90. The highest BCUT2D eigenvalue weighted by Crippen LogP contribution is 2.27. The Balaban J connectivity index is 1.36. The van der Waals surface area contributed by atoms with Crippen LogP contribution in [0.4, 0.5) is 0 Å². The zero-order chi connectivity index (χ0) is 23.9. The minimum atomic E-state index is 0.117. The summed E-state index contributed by atoms with van der Waals surface area (Å²) in [6.45, 7) is 8.74. The molecule has 5 nitrogen and oxygen atoms in total. The first kappa shape index (κ1) is 24.2. The van der Waals surface area contributed by atoms with Crippen molar-refractivity contribution in [3.63, 3.8) is 0 Å². The molecule has 2 heterocycles. The van der Waals surface area contributed by atoms with Crippen molar-refractivity contribution >= 4 is 22.9 Å². The molecule has 4 rings (SSSR count). The minimum Gasteiger partial charge on any atom is -0.344 e. The molecule has 0 saturated carbocycles. The highest BCUT2D eigenvalue weighted by Gasteiger charge is 2.20. The lowest BCUT2D eigenvalue weighted by molar-refractivity contribution is -0.127. The lowest BCUT2D eigenvalue weighted by atomic mass is 10.1. The first-order valence-corrected chi connectivity index (χ1v) is 12.5. The van der Waals surface area contributed by atoms with Crippen LogP contribution in [0.15, 0.2) is 60.7 Å². The second-order valence-corrected chi connectivity index (χ2v) is 9.56. The molecule has 5 heteroatoms. The van der Waals surface area contributed by atoms with Gasteiger partial charge in [0.1, 0.15) is 0 Å². The van der Waals surface area contributed by atoms with E-state index in [0.717, 1.165) is 64.2 Å². The Kier molecular flexibility index (Phi) is 8.20. The van der Waals surface area contributed by atoms with Gasteiger partial charge in [-0.05, 0) is 58.1 Å². The van der Waals surface area contributed by atoms with Crippen LogP contribution < -0.4 is 0 Å².